The monoisotopic (exact) mass is 658 g/mol. The Morgan fingerprint density at radius 1 is 0.939 bits per heavy atom. The second kappa shape index (κ2) is 11.2. The van der Waals surface area contributed by atoms with E-state index >= 15 is 0 Å². The summed E-state index contributed by atoms with van der Waals surface area (Å²) in [4.78, 5) is 36.2. The molecule has 5 aromatic rings. The number of carbonyl (C=O) groups excluding carboxylic acids is 2. The van der Waals surface area contributed by atoms with Crippen LogP contribution < -0.4 is 10.5 Å². The summed E-state index contributed by atoms with van der Waals surface area (Å²) >= 11 is 0. The van der Waals surface area contributed by atoms with Gasteiger partial charge in [0.2, 0.25) is 0 Å². The molecule has 2 unspecified atom stereocenters. The number of methoxy groups -OCH3 is 1. The van der Waals surface area contributed by atoms with Crippen LogP contribution in [0.3, 0.4) is 0 Å². The Labute approximate surface area is 285 Å². The Morgan fingerprint density at radius 3 is 2.41 bits per heavy atom. The third-order valence-electron chi connectivity index (χ3n) is 11.7. The molecular weight excluding hydrogens is 618 g/mol. The van der Waals surface area contributed by atoms with E-state index in [0.717, 1.165) is 41.8 Å². The highest BCUT2D eigenvalue weighted by molar-refractivity contribution is 6.17. The number of likely N-dealkylation sites (tertiary alicyclic amines) is 2. The van der Waals surface area contributed by atoms with Crippen molar-refractivity contribution in [3.05, 3.63) is 83.7 Å². The molecule has 4 fully saturated rings. The highest BCUT2D eigenvalue weighted by atomic mass is 19.1. The minimum absolute atomic E-state index is 0.0200. The van der Waals surface area contributed by atoms with Crippen LogP contribution in [0.1, 0.15) is 46.4 Å². The number of piperidine rings is 1. The van der Waals surface area contributed by atoms with Crippen LogP contribution in [0.2, 0.25) is 0 Å². The molecule has 2 N–H and O–H groups in total. The fourth-order valence-electron chi connectivity index (χ4n) is 8.74. The van der Waals surface area contributed by atoms with Crippen LogP contribution in [0, 0.1) is 23.6 Å². The summed E-state index contributed by atoms with van der Waals surface area (Å²) in [5, 5.41) is 1.15. The van der Waals surface area contributed by atoms with Crippen molar-refractivity contribution < 1.29 is 18.7 Å². The average Bonchev–Trinajstić information content (AvgIpc) is 3.54. The van der Waals surface area contributed by atoms with Crippen LogP contribution >= 0.6 is 0 Å². The summed E-state index contributed by atoms with van der Waals surface area (Å²) in [6, 6.07) is 20.6. The molecule has 0 radical (unpaired) electrons. The van der Waals surface area contributed by atoms with Crippen LogP contribution in [0.5, 0.6) is 5.75 Å². The standard InChI is InChI=1S/C38H40BFN6O3/c1-49-32-16-25(36(47)45-21-26-12-13-33(45)38(26,39)41)14-29-34(32)46(20-23-17-43(18-23)37(48)27-7-3-4-8-28(27)40)35(42-29)31-15-24-6-2-5-9-30(24)44(31)19-22-10-11-22/h2-9,14-16,22-23,26,33H,10-13,17-21,39,41H2,1H3/t26?,33?,38-/m0/s1. The topological polar surface area (TPSA) is 98.6 Å². The summed E-state index contributed by atoms with van der Waals surface area (Å²) in [7, 11) is 3.71. The lowest BCUT2D eigenvalue weighted by Gasteiger charge is -2.40. The smallest absolute Gasteiger partial charge is 0.256 e. The Bertz CT molecular complexity index is 2150. The number of nitrogens with two attached hydrogens (primary N) is 1. The molecular formula is C38H40BFN6O3. The molecule has 49 heavy (non-hydrogen) atoms. The summed E-state index contributed by atoms with van der Waals surface area (Å²) < 4.78 is 25.1. The first-order valence-electron chi connectivity index (χ1n) is 17.5. The maximum Gasteiger partial charge on any atom is 0.256 e. The first-order chi connectivity index (χ1) is 23.7. The molecule has 3 atom stereocenters. The van der Waals surface area contributed by atoms with Gasteiger partial charge in [0.05, 0.1) is 23.9 Å². The average molecular weight is 659 g/mol. The molecule has 0 spiro atoms. The van der Waals surface area contributed by atoms with Gasteiger partial charge in [-0.1, -0.05) is 30.3 Å². The third-order valence-corrected chi connectivity index (χ3v) is 11.7. The number of imidazole rings is 1. The van der Waals surface area contributed by atoms with E-state index < -0.39 is 5.82 Å². The fraction of sp³-hybridized carbons (Fsp3) is 0.395. The highest BCUT2D eigenvalue weighted by Crippen LogP contribution is 2.44. The quantitative estimate of drug-likeness (QED) is 0.248. The number of amides is 2. The second-order valence-corrected chi connectivity index (χ2v) is 14.9. The zero-order chi connectivity index (χ0) is 33.6. The summed E-state index contributed by atoms with van der Waals surface area (Å²) in [6.07, 6.45) is 4.41. The molecule has 4 aliphatic rings. The van der Waals surface area contributed by atoms with Crippen molar-refractivity contribution in [1.82, 2.24) is 23.9 Å². The van der Waals surface area contributed by atoms with Crippen molar-refractivity contribution in [2.45, 2.75) is 50.3 Å². The number of para-hydroxylation sites is 1. The number of aromatic nitrogens is 3. The number of fused-ring (bicyclic) bond motifs is 4. The van der Waals surface area contributed by atoms with Gasteiger partial charge in [-0.05, 0) is 73.9 Å². The summed E-state index contributed by atoms with van der Waals surface area (Å²) in [5.41, 5.74) is 10.7. The molecule has 2 aliphatic heterocycles. The van der Waals surface area contributed by atoms with Crippen LogP contribution in [-0.2, 0) is 13.1 Å². The van der Waals surface area contributed by atoms with Crippen LogP contribution in [-0.4, -0.2) is 81.8 Å². The van der Waals surface area contributed by atoms with Crippen molar-refractivity contribution in [3.63, 3.8) is 0 Å². The van der Waals surface area contributed by atoms with E-state index in [1.54, 1.807) is 24.1 Å². The predicted molar refractivity (Wildman–Crippen MR) is 189 cm³/mol. The lowest BCUT2D eigenvalue weighted by atomic mass is 9.71. The van der Waals surface area contributed by atoms with E-state index in [2.05, 4.69) is 47.3 Å². The third kappa shape index (κ3) is 4.88. The molecule has 9 rings (SSSR count). The first-order valence-corrected chi connectivity index (χ1v) is 17.5. The molecule has 250 valence electrons. The molecule has 2 bridgehead atoms. The summed E-state index contributed by atoms with van der Waals surface area (Å²) in [6.45, 7) is 3.18. The lowest BCUT2D eigenvalue weighted by Crippen LogP contribution is -2.52. The van der Waals surface area contributed by atoms with Gasteiger partial charge in [0, 0.05) is 66.6 Å². The predicted octanol–water partition coefficient (Wildman–Crippen LogP) is 4.51. The van der Waals surface area contributed by atoms with Crippen LogP contribution in [0.4, 0.5) is 4.39 Å². The SMILES string of the molecule is B[C@]1(N)C2CCC1N(C(=O)c1cc(OC)c3c(c1)nc(-c1cc4ccccc4n1CC1CC1)n3CC1CN(C(=O)c3ccccc3F)C1)C2. The molecule has 2 saturated carbocycles. The van der Waals surface area contributed by atoms with Crippen molar-refractivity contribution in [2.75, 3.05) is 26.7 Å². The van der Waals surface area contributed by atoms with Gasteiger partial charge >= 0.3 is 0 Å². The Hall–Kier alpha value is -4.64. The van der Waals surface area contributed by atoms with Gasteiger partial charge in [0.15, 0.2) is 5.82 Å². The largest absolute Gasteiger partial charge is 0.494 e. The second-order valence-electron chi connectivity index (χ2n) is 14.9. The van der Waals surface area contributed by atoms with Gasteiger partial charge in [-0.15, -0.1) is 0 Å². The number of hydrogen-bond acceptors (Lipinski definition) is 5. The van der Waals surface area contributed by atoms with Gasteiger partial charge < -0.3 is 29.4 Å². The molecule has 2 saturated heterocycles. The van der Waals surface area contributed by atoms with Crippen molar-refractivity contribution >= 4 is 41.6 Å². The fourth-order valence-corrected chi connectivity index (χ4v) is 8.74. The van der Waals surface area contributed by atoms with E-state index in [0.29, 0.717) is 54.8 Å². The number of ether oxygens (including phenoxy) is 1. The molecule has 9 nitrogen and oxygen atoms in total. The van der Waals surface area contributed by atoms with E-state index in [4.69, 9.17) is 15.5 Å². The molecule has 2 aromatic heterocycles. The number of carbonyl (C=O) groups is 2. The van der Waals surface area contributed by atoms with Crippen molar-refractivity contribution in [3.8, 4) is 17.3 Å². The molecule has 2 aliphatic carbocycles. The van der Waals surface area contributed by atoms with Crippen LogP contribution in [0.15, 0.2) is 66.7 Å². The van der Waals surface area contributed by atoms with Gasteiger partial charge in [-0.25, -0.2) is 9.37 Å². The summed E-state index contributed by atoms with van der Waals surface area (Å²) in [5.74, 6) is 1.63. The van der Waals surface area contributed by atoms with Crippen molar-refractivity contribution in [1.29, 1.82) is 0 Å². The minimum Gasteiger partial charge on any atom is -0.494 e. The number of hydrogen-bond donors (Lipinski definition) is 1. The maximum atomic E-state index is 14.4. The Kier molecular flexibility index (Phi) is 6.95. The maximum absolute atomic E-state index is 14.4. The number of nitrogens with zero attached hydrogens (tertiary/aromatic N) is 5. The van der Waals surface area contributed by atoms with E-state index in [1.807, 2.05) is 17.0 Å². The zero-order valence-corrected chi connectivity index (χ0v) is 27.9. The molecule has 2 amide bonds. The number of halogens is 1. The Morgan fingerprint density at radius 2 is 1.69 bits per heavy atom. The number of rotatable bonds is 8. The molecule has 11 heteroatoms. The Balaban J connectivity index is 1.12. The van der Waals surface area contributed by atoms with E-state index in [1.165, 1.54) is 30.5 Å². The number of benzene rings is 3. The van der Waals surface area contributed by atoms with E-state index in [-0.39, 0.29) is 34.8 Å². The van der Waals surface area contributed by atoms with Crippen molar-refractivity contribution in [2.24, 2.45) is 23.5 Å². The lowest BCUT2D eigenvalue weighted by molar-refractivity contribution is 0.0466. The van der Waals surface area contributed by atoms with Gasteiger partial charge in [-0.3, -0.25) is 9.59 Å². The van der Waals surface area contributed by atoms with Gasteiger partial charge in [0.1, 0.15) is 24.9 Å². The minimum atomic E-state index is -0.504. The van der Waals surface area contributed by atoms with Gasteiger partial charge in [0.25, 0.3) is 11.8 Å². The van der Waals surface area contributed by atoms with E-state index in [9.17, 15) is 14.0 Å². The first kappa shape index (κ1) is 30.4. The van der Waals surface area contributed by atoms with Crippen LogP contribution in [0.25, 0.3) is 33.5 Å². The molecule has 3 aromatic carbocycles. The highest BCUT2D eigenvalue weighted by Gasteiger charge is 2.54. The van der Waals surface area contributed by atoms with Gasteiger partial charge in [-0.2, -0.15) is 0 Å². The zero-order valence-electron chi connectivity index (χ0n) is 27.9. The normalized spacial score (nSPS) is 23.5. The molecule has 4 heterocycles.